The minimum absolute atomic E-state index is 0.318. The van der Waals surface area contributed by atoms with Gasteiger partial charge in [0.15, 0.2) is 0 Å². The van der Waals surface area contributed by atoms with Crippen molar-refractivity contribution in [1.29, 1.82) is 0 Å². The largest absolute Gasteiger partial charge is 0.377 e. The molecule has 0 radical (unpaired) electrons. The predicted molar refractivity (Wildman–Crippen MR) is 93.6 cm³/mol. The molecular weight excluding hydrogens is 335 g/mol. The second-order valence-electron chi connectivity index (χ2n) is 6.08. The van der Waals surface area contributed by atoms with E-state index in [0.717, 1.165) is 61.9 Å². The molecule has 1 fully saturated rings. The van der Waals surface area contributed by atoms with Crippen molar-refractivity contribution in [3.8, 4) is 16.8 Å². The van der Waals surface area contributed by atoms with Crippen LogP contribution >= 0.6 is 0 Å². The molecule has 26 heavy (non-hydrogen) atoms. The second kappa shape index (κ2) is 7.72. The molecule has 7 heteroatoms. The summed E-state index contributed by atoms with van der Waals surface area (Å²) in [6.07, 6.45) is 6.42. The average Bonchev–Trinajstić information content (AvgIpc) is 3.19. The molecule has 1 saturated heterocycles. The third-order valence-electron chi connectivity index (χ3n) is 4.36. The summed E-state index contributed by atoms with van der Waals surface area (Å²) in [5.41, 5.74) is 4.10. The average molecular weight is 354 g/mol. The van der Waals surface area contributed by atoms with Crippen LogP contribution < -0.4 is 0 Å². The molecule has 4 heterocycles. The van der Waals surface area contributed by atoms with E-state index < -0.39 is 0 Å². The van der Waals surface area contributed by atoms with Gasteiger partial charge < -0.3 is 9.47 Å². The maximum atomic E-state index is 13.3. The summed E-state index contributed by atoms with van der Waals surface area (Å²) in [6.45, 7) is 3.11. The van der Waals surface area contributed by atoms with Crippen molar-refractivity contribution < 1.29 is 13.9 Å². The monoisotopic (exact) mass is 354 g/mol. The molecule has 0 N–H and O–H groups in total. The van der Waals surface area contributed by atoms with E-state index in [1.54, 1.807) is 12.5 Å². The highest BCUT2D eigenvalue weighted by atomic mass is 19.1. The van der Waals surface area contributed by atoms with Crippen molar-refractivity contribution in [3.63, 3.8) is 0 Å². The highest BCUT2D eigenvalue weighted by molar-refractivity contribution is 5.66. The van der Waals surface area contributed by atoms with E-state index in [1.165, 1.54) is 17.8 Å². The predicted octanol–water partition coefficient (Wildman–Crippen LogP) is 2.60. The number of aryl methyl sites for hydroxylation is 2. The normalized spacial score (nSPS) is 15.4. The maximum absolute atomic E-state index is 13.3. The lowest BCUT2D eigenvalue weighted by atomic mass is 9.98. The third-order valence-corrected chi connectivity index (χ3v) is 4.36. The van der Waals surface area contributed by atoms with Crippen molar-refractivity contribution in [1.82, 2.24) is 19.7 Å². The van der Waals surface area contributed by atoms with E-state index in [0.29, 0.717) is 0 Å². The van der Waals surface area contributed by atoms with E-state index >= 15 is 0 Å². The summed E-state index contributed by atoms with van der Waals surface area (Å²) in [7, 11) is 0. The molecule has 3 aromatic rings. The number of ether oxygens (including phenoxy) is 2. The fourth-order valence-corrected chi connectivity index (χ4v) is 3.09. The molecule has 0 spiro atoms. The Morgan fingerprint density at radius 2 is 1.73 bits per heavy atom. The first-order chi connectivity index (χ1) is 12.8. The number of pyridine rings is 1. The van der Waals surface area contributed by atoms with E-state index in [9.17, 15) is 4.39 Å². The van der Waals surface area contributed by atoms with Crippen LogP contribution in [0.3, 0.4) is 0 Å². The summed E-state index contributed by atoms with van der Waals surface area (Å²) in [5, 5.41) is 8.05. The molecule has 0 atom stereocenters. The number of benzene rings is 1. The number of nitrogens with zero attached hydrogens (tertiary/aromatic N) is 4. The van der Waals surface area contributed by atoms with Crippen LogP contribution in [0.2, 0.25) is 0 Å². The van der Waals surface area contributed by atoms with Crippen LogP contribution in [-0.2, 0) is 22.3 Å². The van der Waals surface area contributed by atoms with Gasteiger partial charge in [0.25, 0.3) is 0 Å². The van der Waals surface area contributed by atoms with Gasteiger partial charge in [-0.2, -0.15) is 0 Å². The van der Waals surface area contributed by atoms with E-state index in [4.69, 9.17) is 9.47 Å². The smallest absolute Gasteiger partial charge is 0.142 e. The number of hydrogen-bond donors (Lipinski definition) is 0. The van der Waals surface area contributed by atoms with Crippen molar-refractivity contribution in [2.45, 2.75) is 12.8 Å². The Balaban J connectivity index is 0.000000240. The Morgan fingerprint density at radius 1 is 0.923 bits per heavy atom. The molecule has 134 valence electrons. The number of rotatable bonds is 1. The van der Waals surface area contributed by atoms with Crippen molar-refractivity contribution in [3.05, 3.63) is 60.2 Å². The molecule has 0 bridgehead atoms. The Kier molecular flexibility index (Phi) is 4.99. The number of aromatic nitrogens is 4. The molecule has 2 aromatic heterocycles. The van der Waals surface area contributed by atoms with Crippen LogP contribution in [0.1, 0.15) is 11.4 Å². The lowest BCUT2D eigenvalue weighted by Crippen LogP contribution is -2.16. The molecule has 0 amide bonds. The van der Waals surface area contributed by atoms with Gasteiger partial charge in [-0.1, -0.05) is 6.07 Å². The third kappa shape index (κ3) is 3.63. The highest BCUT2D eigenvalue weighted by Crippen LogP contribution is 2.28. The number of halogens is 1. The standard InChI is InChI=1S/C15H11FN4.C4H8O2/c16-13-6-12(7-17-8-13)10-1-3-14-11(5-10)2-4-15-19-18-9-20(14)15;1-2-6-4-3-5-1/h1,3,5-9H,2,4H2;1-4H2. The molecule has 2 aliphatic rings. The van der Waals surface area contributed by atoms with E-state index in [-0.39, 0.29) is 5.82 Å². The molecule has 0 saturated carbocycles. The zero-order chi connectivity index (χ0) is 17.8. The fraction of sp³-hybridized carbons (Fsp3) is 0.316. The van der Waals surface area contributed by atoms with Gasteiger partial charge in [-0.3, -0.25) is 9.55 Å². The zero-order valence-corrected chi connectivity index (χ0v) is 14.3. The van der Waals surface area contributed by atoms with Gasteiger partial charge in [0.1, 0.15) is 18.0 Å². The van der Waals surface area contributed by atoms with Gasteiger partial charge >= 0.3 is 0 Å². The van der Waals surface area contributed by atoms with Crippen molar-refractivity contribution in [2.24, 2.45) is 0 Å². The van der Waals surface area contributed by atoms with Crippen LogP contribution in [0.4, 0.5) is 4.39 Å². The summed E-state index contributed by atoms with van der Waals surface area (Å²) in [4.78, 5) is 3.90. The number of fused-ring (bicyclic) bond motifs is 3. The Labute approximate surface area is 150 Å². The minimum atomic E-state index is -0.318. The highest BCUT2D eigenvalue weighted by Gasteiger charge is 2.17. The molecule has 0 unspecified atom stereocenters. The minimum Gasteiger partial charge on any atom is -0.377 e. The Morgan fingerprint density at radius 3 is 2.46 bits per heavy atom. The summed E-state index contributed by atoms with van der Waals surface area (Å²) in [6, 6.07) is 7.60. The lowest BCUT2D eigenvalue weighted by Gasteiger charge is -2.18. The first-order valence-electron chi connectivity index (χ1n) is 8.60. The van der Waals surface area contributed by atoms with Crippen LogP contribution in [-0.4, -0.2) is 46.2 Å². The Hall–Kier alpha value is -2.64. The molecule has 6 nitrogen and oxygen atoms in total. The van der Waals surface area contributed by atoms with Crippen LogP contribution in [0.5, 0.6) is 0 Å². The van der Waals surface area contributed by atoms with Gasteiger partial charge in [-0.15, -0.1) is 10.2 Å². The Bertz CT molecular complexity index is 881. The van der Waals surface area contributed by atoms with Crippen LogP contribution in [0.15, 0.2) is 43.0 Å². The van der Waals surface area contributed by atoms with Crippen molar-refractivity contribution >= 4 is 0 Å². The second-order valence-corrected chi connectivity index (χ2v) is 6.08. The van der Waals surface area contributed by atoms with Gasteiger partial charge in [0, 0.05) is 18.2 Å². The summed E-state index contributed by atoms with van der Waals surface area (Å²) in [5.74, 6) is 0.666. The maximum Gasteiger partial charge on any atom is 0.142 e. The van der Waals surface area contributed by atoms with Crippen molar-refractivity contribution in [2.75, 3.05) is 26.4 Å². The molecule has 0 aliphatic carbocycles. The van der Waals surface area contributed by atoms with Crippen LogP contribution in [0, 0.1) is 5.82 Å². The van der Waals surface area contributed by atoms with E-state index in [2.05, 4.69) is 21.2 Å². The SMILES string of the molecule is C1COCCO1.Fc1cncc(-c2ccc3c(c2)CCc2nncn2-3)c1. The summed E-state index contributed by atoms with van der Waals surface area (Å²) < 4.78 is 25.2. The molecule has 2 aliphatic heterocycles. The van der Waals surface area contributed by atoms with Gasteiger partial charge in [0.05, 0.1) is 38.3 Å². The van der Waals surface area contributed by atoms with Gasteiger partial charge in [-0.05, 0) is 35.7 Å². The summed E-state index contributed by atoms with van der Waals surface area (Å²) >= 11 is 0. The topological polar surface area (TPSA) is 62.1 Å². The lowest BCUT2D eigenvalue weighted by molar-refractivity contribution is -0.0334. The molecule has 5 rings (SSSR count). The van der Waals surface area contributed by atoms with E-state index in [1.807, 2.05) is 16.7 Å². The van der Waals surface area contributed by atoms with Crippen LogP contribution in [0.25, 0.3) is 16.8 Å². The number of hydrogen-bond acceptors (Lipinski definition) is 5. The van der Waals surface area contributed by atoms with Gasteiger partial charge in [0.2, 0.25) is 0 Å². The zero-order valence-electron chi connectivity index (χ0n) is 14.3. The first-order valence-corrected chi connectivity index (χ1v) is 8.60. The fourth-order valence-electron chi connectivity index (χ4n) is 3.09. The van der Waals surface area contributed by atoms with Gasteiger partial charge in [-0.25, -0.2) is 4.39 Å². The quantitative estimate of drug-likeness (QED) is 0.672. The first kappa shape index (κ1) is 16.8. The molecule has 1 aromatic carbocycles. The molecular formula is C19H19FN4O2.